The maximum absolute atomic E-state index is 12.4. The third-order valence-corrected chi connectivity index (χ3v) is 4.33. The van der Waals surface area contributed by atoms with Crippen LogP contribution < -0.4 is 21.7 Å². The van der Waals surface area contributed by atoms with E-state index in [1.807, 2.05) is 30.3 Å². The minimum atomic E-state index is -0.247. The van der Waals surface area contributed by atoms with Crippen molar-refractivity contribution in [3.63, 3.8) is 0 Å². The number of para-hydroxylation sites is 2. The van der Waals surface area contributed by atoms with E-state index in [1.165, 1.54) is 6.92 Å². The van der Waals surface area contributed by atoms with Crippen LogP contribution in [0.15, 0.2) is 72.8 Å². The zero-order valence-electron chi connectivity index (χ0n) is 15.6. The summed E-state index contributed by atoms with van der Waals surface area (Å²) in [7, 11) is 0. The molecule has 28 heavy (non-hydrogen) atoms. The van der Waals surface area contributed by atoms with Crippen molar-refractivity contribution in [2.24, 2.45) is 0 Å². The summed E-state index contributed by atoms with van der Waals surface area (Å²) in [6.45, 7) is 1.89. The smallest absolute Gasteiger partial charge is 0.255 e. The molecule has 0 aliphatic heterocycles. The number of hydrogen-bond acceptors (Lipinski definition) is 4. The molecule has 0 spiro atoms. The van der Waals surface area contributed by atoms with E-state index in [-0.39, 0.29) is 11.8 Å². The van der Waals surface area contributed by atoms with Crippen LogP contribution in [-0.4, -0.2) is 11.8 Å². The number of nitrogen functional groups attached to an aromatic ring is 2. The molecule has 0 radical (unpaired) electrons. The molecule has 0 bridgehead atoms. The Morgan fingerprint density at radius 3 is 2.29 bits per heavy atom. The van der Waals surface area contributed by atoms with E-state index in [0.717, 1.165) is 11.3 Å². The third-order valence-electron chi connectivity index (χ3n) is 4.33. The lowest BCUT2D eigenvalue weighted by molar-refractivity contribution is -0.116. The summed E-state index contributed by atoms with van der Waals surface area (Å²) >= 11 is 0. The standard InChI is InChI=1S/C22H22N4O2/c1-15(27)26(19-6-4-5-18(23)13-19)14-16-9-11-17(12-10-16)22(28)25-21-8-3-2-7-20(21)24/h2-13H,14,23-24H2,1H3,(H,25,28). The number of carbonyl (C=O) groups is 2. The van der Waals surface area contributed by atoms with Gasteiger partial charge in [0.2, 0.25) is 5.91 Å². The minimum absolute atomic E-state index is 0.0908. The van der Waals surface area contributed by atoms with Crippen molar-refractivity contribution >= 4 is 34.6 Å². The van der Waals surface area contributed by atoms with Crippen molar-refractivity contribution in [1.29, 1.82) is 0 Å². The molecule has 0 unspecified atom stereocenters. The van der Waals surface area contributed by atoms with Crippen molar-refractivity contribution < 1.29 is 9.59 Å². The molecule has 5 N–H and O–H groups in total. The highest BCUT2D eigenvalue weighted by atomic mass is 16.2. The van der Waals surface area contributed by atoms with Crippen molar-refractivity contribution in [3.8, 4) is 0 Å². The molecule has 0 fully saturated rings. The summed E-state index contributed by atoms with van der Waals surface area (Å²) in [4.78, 5) is 26.1. The van der Waals surface area contributed by atoms with Gasteiger partial charge >= 0.3 is 0 Å². The van der Waals surface area contributed by atoms with Gasteiger partial charge in [0.25, 0.3) is 5.91 Å². The van der Waals surface area contributed by atoms with E-state index in [0.29, 0.717) is 29.2 Å². The maximum Gasteiger partial charge on any atom is 0.255 e. The predicted octanol–water partition coefficient (Wildman–Crippen LogP) is 3.66. The Labute approximate surface area is 163 Å². The van der Waals surface area contributed by atoms with Gasteiger partial charge in [0.15, 0.2) is 0 Å². The second-order valence-electron chi connectivity index (χ2n) is 6.44. The molecule has 3 aromatic rings. The van der Waals surface area contributed by atoms with Crippen LogP contribution in [0.5, 0.6) is 0 Å². The zero-order valence-corrected chi connectivity index (χ0v) is 15.6. The molecule has 0 aliphatic rings. The first-order valence-electron chi connectivity index (χ1n) is 8.82. The van der Waals surface area contributed by atoms with Crippen molar-refractivity contribution in [3.05, 3.63) is 83.9 Å². The van der Waals surface area contributed by atoms with Crippen LogP contribution in [0.25, 0.3) is 0 Å². The molecule has 3 rings (SSSR count). The van der Waals surface area contributed by atoms with E-state index in [2.05, 4.69) is 5.32 Å². The Morgan fingerprint density at radius 1 is 0.929 bits per heavy atom. The van der Waals surface area contributed by atoms with Gasteiger partial charge in [-0.25, -0.2) is 0 Å². The summed E-state index contributed by atoms with van der Waals surface area (Å²) in [5.41, 5.74) is 15.5. The van der Waals surface area contributed by atoms with Crippen molar-refractivity contribution in [2.75, 3.05) is 21.7 Å². The average molecular weight is 374 g/mol. The Balaban J connectivity index is 1.73. The normalized spacial score (nSPS) is 10.3. The van der Waals surface area contributed by atoms with Crippen LogP contribution in [0.3, 0.4) is 0 Å². The summed E-state index contributed by atoms with van der Waals surface area (Å²) in [6.07, 6.45) is 0. The highest BCUT2D eigenvalue weighted by Crippen LogP contribution is 2.21. The fourth-order valence-corrected chi connectivity index (χ4v) is 2.83. The van der Waals surface area contributed by atoms with E-state index in [9.17, 15) is 9.59 Å². The number of nitrogens with zero attached hydrogens (tertiary/aromatic N) is 1. The lowest BCUT2D eigenvalue weighted by atomic mass is 10.1. The van der Waals surface area contributed by atoms with Gasteiger partial charge < -0.3 is 21.7 Å². The molecule has 0 aliphatic carbocycles. The first kappa shape index (κ1) is 19.0. The minimum Gasteiger partial charge on any atom is -0.399 e. The van der Waals surface area contributed by atoms with E-state index in [4.69, 9.17) is 11.5 Å². The summed E-state index contributed by atoms with van der Waals surface area (Å²) < 4.78 is 0. The van der Waals surface area contributed by atoms with Crippen LogP contribution in [-0.2, 0) is 11.3 Å². The van der Waals surface area contributed by atoms with Gasteiger partial charge in [0.05, 0.1) is 17.9 Å². The van der Waals surface area contributed by atoms with E-state index in [1.54, 1.807) is 47.4 Å². The molecule has 6 nitrogen and oxygen atoms in total. The first-order chi connectivity index (χ1) is 13.4. The zero-order chi connectivity index (χ0) is 20.1. The van der Waals surface area contributed by atoms with Gasteiger partial charge in [0, 0.05) is 23.9 Å². The molecule has 2 amide bonds. The number of anilines is 4. The lowest BCUT2D eigenvalue weighted by Gasteiger charge is -2.22. The van der Waals surface area contributed by atoms with Gasteiger partial charge in [-0.1, -0.05) is 30.3 Å². The van der Waals surface area contributed by atoms with Crippen molar-refractivity contribution in [2.45, 2.75) is 13.5 Å². The van der Waals surface area contributed by atoms with Gasteiger partial charge in [-0.05, 0) is 48.0 Å². The molecule has 0 heterocycles. The topological polar surface area (TPSA) is 101 Å². The second-order valence-corrected chi connectivity index (χ2v) is 6.44. The van der Waals surface area contributed by atoms with Gasteiger partial charge in [-0.3, -0.25) is 9.59 Å². The first-order valence-corrected chi connectivity index (χ1v) is 8.82. The Bertz CT molecular complexity index is 999. The number of hydrogen-bond donors (Lipinski definition) is 3. The third kappa shape index (κ3) is 4.48. The Morgan fingerprint density at radius 2 is 1.64 bits per heavy atom. The second kappa shape index (κ2) is 8.26. The number of nitrogens with two attached hydrogens (primary N) is 2. The van der Waals surface area contributed by atoms with Crippen molar-refractivity contribution in [1.82, 2.24) is 0 Å². The molecule has 3 aromatic carbocycles. The molecular weight excluding hydrogens is 352 g/mol. The van der Waals surface area contributed by atoms with Crippen LogP contribution in [0.1, 0.15) is 22.8 Å². The van der Waals surface area contributed by atoms with Crippen LogP contribution in [0.4, 0.5) is 22.7 Å². The summed E-state index contributed by atoms with van der Waals surface area (Å²) in [6, 6.07) is 21.4. The number of carbonyl (C=O) groups excluding carboxylic acids is 2. The summed E-state index contributed by atoms with van der Waals surface area (Å²) in [5.74, 6) is -0.337. The highest BCUT2D eigenvalue weighted by Gasteiger charge is 2.13. The molecule has 0 saturated heterocycles. The lowest BCUT2D eigenvalue weighted by Crippen LogP contribution is -2.27. The fourth-order valence-electron chi connectivity index (χ4n) is 2.83. The predicted molar refractivity (Wildman–Crippen MR) is 113 cm³/mol. The van der Waals surface area contributed by atoms with Gasteiger partial charge in [0.1, 0.15) is 0 Å². The molecule has 142 valence electrons. The Hall–Kier alpha value is -3.80. The molecular formula is C22H22N4O2. The van der Waals surface area contributed by atoms with E-state index < -0.39 is 0 Å². The highest BCUT2D eigenvalue weighted by molar-refractivity contribution is 6.05. The average Bonchev–Trinajstić information content (AvgIpc) is 2.68. The SMILES string of the molecule is CC(=O)N(Cc1ccc(C(=O)Nc2ccccc2N)cc1)c1cccc(N)c1. The van der Waals surface area contributed by atoms with Crippen LogP contribution >= 0.6 is 0 Å². The van der Waals surface area contributed by atoms with Crippen LogP contribution in [0.2, 0.25) is 0 Å². The number of rotatable bonds is 5. The maximum atomic E-state index is 12.4. The largest absolute Gasteiger partial charge is 0.399 e. The van der Waals surface area contributed by atoms with Gasteiger partial charge in [-0.2, -0.15) is 0 Å². The van der Waals surface area contributed by atoms with Crippen LogP contribution in [0, 0.1) is 0 Å². The molecule has 0 aromatic heterocycles. The van der Waals surface area contributed by atoms with E-state index >= 15 is 0 Å². The molecule has 0 atom stereocenters. The fraction of sp³-hybridized carbons (Fsp3) is 0.0909. The van der Waals surface area contributed by atoms with Gasteiger partial charge in [-0.15, -0.1) is 0 Å². The quantitative estimate of drug-likeness (QED) is 0.593. The summed E-state index contributed by atoms with van der Waals surface area (Å²) in [5, 5.41) is 2.79. The Kier molecular flexibility index (Phi) is 5.60. The number of benzene rings is 3. The molecule has 6 heteroatoms. The monoisotopic (exact) mass is 374 g/mol. The molecule has 0 saturated carbocycles. The number of nitrogens with one attached hydrogen (secondary N) is 1. The number of amides is 2.